The highest BCUT2D eigenvalue weighted by Crippen LogP contribution is 2.21. The second kappa shape index (κ2) is 10.2. The van der Waals surface area contributed by atoms with E-state index in [-0.39, 0.29) is 17.7 Å². The van der Waals surface area contributed by atoms with Crippen molar-refractivity contribution >= 4 is 12.0 Å². The number of benzene rings is 2. The van der Waals surface area contributed by atoms with Gasteiger partial charge < -0.3 is 14.8 Å². The van der Waals surface area contributed by atoms with Gasteiger partial charge >= 0.3 is 0 Å². The van der Waals surface area contributed by atoms with Gasteiger partial charge in [-0.2, -0.15) is 0 Å². The molecule has 0 saturated heterocycles. The third-order valence-corrected chi connectivity index (χ3v) is 4.45. The Labute approximate surface area is 175 Å². The summed E-state index contributed by atoms with van der Waals surface area (Å²) in [5.41, 5.74) is 2.37. The van der Waals surface area contributed by atoms with Crippen molar-refractivity contribution in [3.8, 4) is 11.5 Å². The maximum atomic E-state index is 13.8. The topological polar surface area (TPSA) is 60.5 Å². The normalized spacial score (nSPS) is 11.8. The third-order valence-electron chi connectivity index (χ3n) is 4.45. The molecule has 0 spiro atoms. The molecule has 154 valence electrons. The van der Waals surface area contributed by atoms with Crippen molar-refractivity contribution in [1.29, 1.82) is 0 Å². The average molecular weight is 406 g/mol. The van der Waals surface area contributed by atoms with Crippen LogP contribution in [0.15, 0.2) is 72.9 Å². The van der Waals surface area contributed by atoms with Crippen LogP contribution in [0.4, 0.5) is 4.39 Å². The van der Waals surface area contributed by atoms with Crippen molar-refractivity contribution in [2.45, 2.75) is 19.6 Å². The van der Waals surface area contributed by atoms with Crippen molar-refractivity contribution in [2.75, 3.05) is 7.11 Å². The summed E-state index contributed by atoms with van der Waals surface area (Å²) >= 11 is 0. The van der Waals surface area contributed by atoms with Crippen molar-refractivity contribution in [1.82, 2.24) is 10.3 Å². The van der Waals surface area contributed by atoms with E-state index in [2.05, 4.69) is 10.3 Å². The molecule has 0 aliphatic heterocycles. The molecule has 30 heavy (non-hydrogen) atoms. The minimum atomic E-state index is -0.461. The molecule has 3 rings (SSSR count). The number of amides is 1. The molecule has 3 aromatic rings. The molecule has 0 aliphatic rings. The highest BCUT2D eigenvalue weighted by molar-refractivity contribution is 5.92. The van der Waals surface area contributed by atoms with E-state index < -0.39 is 5.82 Å². The van der Waals surface area contributed by atoms with E-state index in [0.29, 0.717) is 12.2 Å². The van der Waals surface area contributed by atoms with Gasteiger partial charge in [-0.15, -0.1) is 0 Å². The smallest absolute Gasteiger partial charge is 0.244 e. The van der Waals surface area contributed by atoms with Gasteiger partial charge in [-0.1, -0.05) is 24.3 Å². The Morgan fingerprint density at radius 1 is 1.17 bits per heavy atom. The van der Waals surface area contributed by atoms with E-state index in [9.17, 15) is 9.18 Å². The molecule has 1 aromatic heterocycles. The summed E-state index contributed by atoms with van der Waals surface area (Å²) in [6.07, 6.45) is 4.88. The standard InChI is InChI=1S/C24H23FN2O3/c1-17(19-9-12-23(29-2)22(25)15-19)27-24(28)13-8-18-6-10-21(11-7-18)30-16-20-5-3-4-14-26-20/h3-15,17H,16H2,1-2H3,(H,27,28)/b13-8+/t17-/m0/s1. The molecule has 1 amide bonds. The molecule has 6 heteroatoms. The fourth-order valence-corrected chi connectivity index (χ4v) is 2.78. The number of nitrogens with one attached hydrogen (secondary N) is 1. The number of halogens is 1. The second-order valence-electron chi connectivity index (χ2n) is 6.64. The Morgan fingerprint density at radius 2 is 1.97 bits per heavy atom. The summed E-state index contributed by atoms with van der Waals surface area (Å²) in [5, 5.41) is 2.82. The molecule has 2 aromatic carbocycles. The molecule has 0 bridgehead atoms. The molecule has 0 aliphatic carbocycles. The number of rotatable bonds is 8. The fraction of sp³-hybridized carbons (Fsp3) is 0.167. The van der Waals surface area contributed by atoms with Gasteiger partial charge in [0.1, 0.15) is 12.4 Å². The van der Waals surface area contributed by atoms with Crippen molar-refractivity contribution < 1.29 is 18.7 Å². The van der Waals surface area contributed by atoms with Crippen molar-refractivity contribution in [2.24, 2.45) is 0 Å². The molecule has 5 nitrogen and oxygen atoms in total. The van der Waals surface area contributed by atoms with E-state index in [0.717, 1.165) is 17.0 Å². The van der Waals surface area contributed by atoms with Crippen molar-refractivity contribution in [3.05, 3.63) is 95.6 Å². The van der Waals surface area contributed by atoms with Crippen LogP contribution in [-0.4, -0.2) is 18.0 Å². The van der Waals surface area contributed by atoms with Gasteiger partial charge in [0.15, 0.2) is 11.6 Å². The predicted molar refractivity (Wildman–Crippen MR) is 114 cm³/mol. The van der Waals surface area contributed by atoms with Crippen LogP contribution >= 0.6 is 0 Å². The lowest BCUT2D eigenvalue weighted by atomic mass is 10.1. The van der Waals surface area contributed by atoms with E-state index in [1.807, 2.05) is 42.5 Å². The van der Waals surface area contributed by atoms with Crippen LogP contribution in [0.1, 0.15) is 29.8 Å². The molecular weight excluding hydrogens is 383 g/mol. The minimum Gasteiger partial charge on any atom is -0.494 e. The van der Waals surface area contributed by atoms with Crippen LogP contribution in [0.5, 0.6) is 11.5 Å². The number of pyridine rings is 1. The number of carbonyl (C=O) groups is 1. The fourth-order valence-electron chi connectivity index (χ4n) is 2.78. The third kappa shape index (κ3) is 5.91. The zero-order valence-corrected chi connectivity index (χ0v) is 16.8. The van der Waals surface area contributed by atoms with Gasteiger partial charge in [-0.3, -0.25) is 9.78 Å². The molecule has 0 saturated carbocycles. The molecule has 1 atom stereocenters. The zero-order valence-electron chi connectivity index (χ0n) is 16.8. The van der Waals surface area contributed by atoms with Crippen molar-refractivity contribution in [3.63, 3.8) is 0 Å². The number of aromatic nitrogens is 1. The Morgan fingerprint density at radius 3 is 2.63 bits per heavy atom. The maximum Gasteiger partial charge on any atom is 0.244 e. The van der Waals surface area contributed by atoms with Gasteiger partial charge in [0.25, 0.3) is 0 Å². The number of nitrogens with zero attached hydrogens (tertiary/aromatic N) is 1. The number of methoxy groups -OCH3 is 1. The van der Waals surface area contributed by atoms with Crippen LogP contribution in [0.3, 0.4) is 0 Å². The summed E-state index contributed by atoms with van der Waals surface area (Å²) in [5.74, 6) is 0.160. The molecular formula is C24H23FN2O3. The monoisotopic (exact) mass is 406 g/mol. The summed E-state index contributed by atoms with van der Waals surface area (Å²) < 4.78 is 24.4. The average Bonchev–Trinajstić information content (AvgIpc) is 2.77. The molecule has 1 N–H and O–H groups in total. The van der Waals surface area contributed by atoms with Gasteiger partial charge in [0, 0.05) is 12.3 Å². The Kier molecular flexibility index (Phi) is 7.16. The highest BCUT2D eigenvalue weighted by atomic mass is 19.1. The minimum absolute atomic E-state index is 0.171. The van der Waals surface area contributed by atoms with E-state index in [1.54, 1.807) is 31.3 Å². The summed E-state index contributed by atoms with van der Waals surface area (Å²) in [6.45, 7) is 2.18. The van der Waals surface area contributed by atoms with Crippen LogP contribution < -0.4 is 14.8 Å². The summed E-state index contributed by atoms with van der Waals surface area (Å²) in [4.78, 5) is 16.4. The van der Waals surface area contributed by atoms with E-state index in [1.165, 1.54) is 19.3 Å². The van der Waals surface area contributed by atoms with Gasteiger partial charge in [0.2, 0.25) is 5.91 Å². The van der Waals surface area contributed by atoms with Gasteiger partial charge in [-0.05, 0) is 60.5 Å². The molecule has 1 heterocycles. The van der Waals surface area contributed by atoms with Crippen LogP contribution in [-0.2, 0) is 11.4 Å². The molecule has 0 unspecified atom stereocenters. The first-order valence-corrected chi connectivity index (χ1v) is 9.50. The number of ether oxygens (including phenoxy) is 2. The SMILES string of the molecule is COc1ccc([C@H](C)NC(=O)/C=C/c2ccc(OCc3ccccn3)cc2)cc1F. The number of hydrogen-bond donors (Lipinski definition) is 1. The van der Waals surface area contributed by atoms with Crippen LogP contribution in [0.2, 0.25) is 0 Å². The van der Waals surface area contributed by atoms with Crippen LogP contribution in [0.25, 0.3) is 6.08 Å². The predicted octanol–water partition coefficient (Wildman–Crippen LogP) is 4.70. The number of carbonyl (C=O) groups excluding carboxylic acids is 1. The van der Waals surface area contributed by atoms with Gasteiger partial charge in [0.05, 0.1) is 18.8 Å². The Hall–Kier alpha value is -3.67. The largest absolute Gasteiger partial charge is 0.494 e. The first kappa shape index (κ1) is 21.0. The number of hydrogen-bond acceptors (Lipinski definition) is 4. The first-order valence-electron chi connectivity index (χ1n) is 9.50. The molecule has 0 fully saturated rings. The summed E-state index contributed by atoms with van der Waals surface area (Å²) in [7, 11) is 1.41. The highest BCUT2D eigenvalue weighted by Gasteiger charge is 2.11. The van der Waals surface area contributed by atoms with Crippen LogP contribution in [0, 0.1) is 5.82 Å². The summed E-state index contributed by atoms with van der Waals surface area (Å²) in [6, 6.07) is 17.3. The van der Waals surface area contributed by atoms with E-state index >= 15 is 0 Å². The first-order chi connectivity index (χ1) is 14.5. The lowest BCUT2D eigenvalue weighted by Gasteiger charge is -2.14. The van der Waals surface area contributed by atoms with E-state index in [4.69, 9.17) is 9.47 Å². The van der Waals surface area contributed by atoms with Gasteiger partial charge in [-0.25, -0.2) is 4.39 Å². The lowest BCUT2D eigenvalue weighted by Crippen LogP contribution is -2.24. The second-order valence-corrected chi connectivity index (χ2v) is 6.64. The molecule has 0 radical (unpaired) electrons. The maximum absolute atomic E-state index is 13.8. The zero-order chi connectivity index (χ0) is 21.3. The lowest BCUT2D eigenvalue weighted by molar-refractivity contribution is -0.117. The quantitative estimate of drug-likeness (QED) is 0.551. The Bertz CT molecular complexity index is 1000. The Balaban J connectivity index is 1.52.